The highest BCUT2D eigenvalue weighted by Gasteiger charge is 2.24. The van der Waals surface area contributed by atoms with Crippen LogP contribution in [-0.2, 0) is 6.54 Å². The second-order valence-corrected chi connectivity index (χ2v) is 8.86. The van der Waals surface area contributed by atoms with E-state index in [0.29, 0.717) is 12.1 Å². The fourth-order valence-corrected chi connectivity index (χ4v) is 4.59. The Morgan fingerprint density at radius 3 is 2.30 bits per heavy atom. The average molecular weight is 575 g/mol. The fourth-order valence-electron chi connectivity index (χ4n) is 4.59. The molecule has 0 spiro atoms. The van der Waals surface area contributed by atoms with Gasteiger partial charge in [0.1, 0.15) is 11.5 Å². The minimum atomic E-state index is 0. The van der Waals surface area contributed by atoms with Gasteiger partial charge in [-0.2, -0.15) is 0 Å². The molecule has 0 amide bonds. The van der Waals surface area contributed by atoms with Gasteiger partial charge in [0.2, 0.25) is 0 Å². The summed E-state index contributed by atoms with van der Waals surface area (Å²) in [7, 11) is 5.24. The van der Waals surface area contributed by atoms with E-state index in [0.717, 1.165) is 69.7 Å². The minimum absolute atomic E-state index is 0. The van der Waals surface area contributed by atoms with Gasteiger partial charge < -0.3 is 25.0 Å². The lowest BCUT2D eigenvalue weighted by Gasteiger charge is -2.37. The van der Waals surface area contributed by atoms with Crippen LogP contribution in [0.5, 0.6) is 11.5 Å². The van der Waals surface area contributed by atoms with Gasteiger partial charge in [-0.15, -0.1) is 24.0 Å². The number of aliphatic imine (C=N–C) groups is 1. The molecule has 1 aromatic carbocycles. The number of benzene rings is 1. The molecule has 0 aliphatic carbocycles. The Bertz CT molecular complexity index is 719. The summed E-state index contributed by atoms with van der Waals surface area (Å²) >= 11 is 0. The van der Waals surface area contributed by atoms with E-state index < -0.39 is 0 Å². The Morgan fingerprint density at radius 1 is 1.06 bits per heavy atom. The van der Waals surface area contributed by atoms with Crippen LogP contribution in [0.2, 0.25) is 0 Å². The van der Waals surface area contributed by atoms with E-state index in [1.54, 1.807) is 14.2 Å². The van der Waals surface area contributed by atoms with Crippen molar-refractivity contribution in [3.63, 3.8) is 0 Å². The second kappa shape index (κ2) is 14.2. The molecule has 0 aromatic heterocycles. The smallest absolute Gasteiger partial charge is 0.191 e. The van der Waals surface area contributed by atoms with Crippen LogP contribution in [-0.4, -0.2) is 106 Å². The van der Waals surface area contributed by atoms with Crippen LogP contribution >= 0.6 is 24.0 Å². The molecule has 8 nitrogen and oxygen atoms in total. The fraction of sp³-hybridized carbons (Fsp3) is 0.708. The Hall–Kier alpha value is -1.30. The number of methoxy groups -OCH3 is 2. The third-order valence-corrected chi connectivity index (χ3v) is 6.70. The van der Waals surface area contributed by atoms with Gasteiger partial charge in [0.25, 0.3) is 0 Å². The highest BCUT2D eigenvalue weighted by Crippen LogP contribution is 2.24. The average Bonchev–Trinajstić information content (AvgIpc) is 3.27. The van der Waals surface area contributed by atoms with E-state index in [4.69, 9.17) is 9.47 Å². The van der Waals surface area contributed by atoms with Crippen LogP contribution in [0.1, 0.15) is 25.8 Å². The van der Waals surface area contributed by atoms with Crippen molar-refractivity contribution in [2.24, 2.45) is 4.99 Å². The Kier molecular flexibility index (Phi) is 12.0. The molecule has 0 bridgehead atoms. The molecule has 0 radical (unpaired) electrons. The molecule has 188 valence electrons. The minimum Gasteiger partial charge on any atom is -0.497 e. The van der Waals surface area contributed by atoms with Crippen LogP contribution in [0.15, 0.2) is 23.2 Å². The summed E-state index contributed by atoms with van der Waals surface area (Å²) in [5.41, 5.74) is 1.21. The number of likely N-dealkylation sites (N-methyl/N-ethyl adjacent to an activating group) is 1. The number of hydrogen-bond acceptors (Lipinski definition) is 6. The maximum atomic E-state index is 5.41. The molecule has 9 heteroatoms. The number of nitrogens with zero attached hydrogens (tertiary/aromatic N) is 4. The highest BCUT2D eigenvalue weighted by atomic mass is 127. The number of ether oxygens (including phenoxy) is 2. The van der Waals surface area contributed by atoms with Crippen molar-refractivity contribution in [3.8, 4) is 11.5 Å². The molecule has 2 N–H and O–H groups in total. The zero-order valence-electron chi connectivity index (χ0n) is 21.0. The Balaban J connectivity index is 0.00000385. The first-order valence-electron chi connectivity index (χ1n) is 11.9. The van der Waals surface area contributed by atoms with Gasteiger partial charge in [-0.05, 0) is 37.6 Å². The zero-order valence-corrected chi connectivity index (χ0v) is 23.3. The molecule has 1 aromatic rings. The van der Waals surface area contributed by atoms with Crippen molar-refractivity contribution < 1.29 is 9.47 Å². The first kappa shape index (κ1) is 27.9. The zero-order chi connectivity index (χ0) is 22.9. The van der Waals surface area contributed by atoms with Gasteiger partial charge in [0.05, 0.1) is 14.2 Å². The number of rotatable bonds is 9. The Labute approximate surface area is 217 Å². The summed E-state index contributed by atoms with van der Waals surface area (Å²) in [5, 5.41) is 7.17. The van der Waals surface area contributed by atoms with Crippen molar-refractivity contribution in [1.82, 2.24) is 25.3 Å². The van der Waals surface area contributed by atoms with Gasteiger partial charge >= 0.3 is 0 Å². The maximum Gasteiger partial charge on any atom is 0.191 e. The van der Waals surface area contributed by atoms with Gasteiger partial charge in [0, 0.05) is 77.6 Å². The molecule has 2 atom stereocenters. The van der Waals surface area contributed by atoms with Crippen molar-refractivity contribution in [2.75, 3.05) is 73.6 Å². The predicted molar refractivity (Wildman–Crippen MR) is 146 cm³/mol. The number of hydrogen-bond donors (Lipinski definition) is 2. The standard InChI is InChI=1S/C24H42N6O2.HI/c1-6-28-9-11-30(12-10-28)19(2)16-26-24(25-3)27-21-7-8-29(18-21)17-20-13-22(31-4)15-23(14-20)32-5;/h13-15,19,21H,6-12,16-18H2,1-5H3,(H2,25,26,27);1H. The number of nitrogens with one attached hydrogen (secondary N) is 2. The normalized spacial score (nSPS) is 21.4. The third-order valence-electron chi connectivity index (χ3n) is 6.70. The van der Waals surface area contributed by atoms with E-state index in [-0.39, 0.29) is 24.0 Å². The largest absolute Gasteiger partial charge is 0.497 e. The summed E-state index contributed by atoms with van der Waals surface area (Å²) in [4.78, 5) is 12.0. The lowest BCUT2D eigenvalue weighted by molar-refractivity contribution is 0.107. The van der Waals surface area contributed by atoms with E-state index in [1.807, 2.05) is 13.1 Å². The van der Waals surface area contributed by atoms with Crippen LogP contribution in [0, 0.1) is 0 Å². The quantitative estimate of drug-likeness (QED) is 0.266. The Morgan fingerprint density at radius 2 is 1.73 bits per heavy atom. The van der Waals surface area contributed by atoms with Gasteiger partial charge in [-0.3, -0.25) is 14.8 Å². The van der Waals surface area contributed by atoms with Crippen LogP contribution in [0.25, 0.3) is 0 Å². The van der Waals surface area contributed by atoms with Crippen LogP contribution < -0.4 is 20.1 Å². The number of piperazine rings is 1. The van der Waals surface area contributed by atoms with Crippen molar-refractivity contribution >= 4 is 29.9 Å². The summed E-state index contributed by atoms with van der Waals surface area (Å²) in [6.45, 7) is 14.2. The summed E-state index contributed by atoms with van der Waals surface area (Å²) < 4.78 is 10.8. The molecule has 3 rings (SSSR count). The summed E-state index contributed by atoms with van der Waals surface area (Å²) in [5.74, 6) is 2.57. The van der Waals surface area contributed by atoms with E-state index >= 15 is 0 Å². The third kappa shape index (κ3) is 8.45. The topological polar surface area (TPSA) is 64.6 Å². The van der Waals surface area contributed by atoms with E-state index in [1.165, 1.54) is 18.7 Å². The molecule has 2 unspecified atom stereocenters. The van der Waals surface area contributed by atoms with Gasteiger partial charge in [-0.25, -0.2) is 0 Å². The van der Waals surface area contributed by atoms with Gasteiger partial charge in [-0.1, -0.05) is 6.92 Å². The molecule has 2 aliphatic heterocycles. The lowest BCUT2D eigenvalue weighted by atomic mass is 10.2. The summed E-state index contributed by atoms with van der Waals surface area (Å²) in [6, 6.07) is 6.99. The number of halogens is 1. The molecule has 33 heavy (non-hydrogen) atoms. The van der Waals surface area contributed by atoms with Crippen molar-refractivity contribution in [3.05, 3.63) is 23.8 Å². The molecule has 2 fully saturated rings. The monoisotopic (exact) mass is 574 g/mol. The SMILES string of the molecule is CCN1CCN(C(C)CNC(=NC)NC2CCN(Cc3cc(OC)cc(OC)c3)C2)CC1.I. The molecule has 2 aliphatic rings. The molecular formula is C24H43IN6O2. The van der Waals surface area contributed by atoms with E-state index in [9.17, 15) is 0 Å². The van der Waals surface area contributed by atoms with Crippen LogP contribution in [0.4, 0.5) is 0 Å². The first-order valence-corrected chi connectivity index (χ1v) is 11.9. The molecule has 2 heterocycles. The van der Waals surface area contributed by atoms with Gasteiger partial charge in [0.15, 0.2) is 5.96 Å². The highest BCUT2D eigenvalue weighted by molar-refractivity contribution is 14.0. The first-order chi connectivity index (χ1) is 15.5. The molecule has 2 saturated heterocycles. The van der Waals surface area contributed by atoms with Crippen molar-refractivity contribution in [2.45, 2.75) is 38.9 Å². The van der Waals surface area contributed by atoms with E-state index in [2.05, 4.69) is 56.3 Å². The molecule has 0 saturated carbocycles. The maximum absolute atomic E-state index is 5.41. The predicted octanol–water partition coefficient (Wildman–Crippen LogP) is 2.09. The lowest BCUT2D eigenvalue weighted by Crippen LogP contribution is -2.53. The van der Waals surface area contributed by atoms with Crippen LogP contribution in [0.3, 0.4) is 0 Å². The summed E-state index contributed by atoms with van der Waals surface area (Å²) in [6.07, 6.45) is 1.11. The molecular weight excluding hydrogens is 531 g/mol. The number of guanidine groups is 1. The van der Waals surface area contributed by atoms with Crippen molar-refractivity contribution in [1.29, 1.82) is 0 Å². The second-order valence-electron chi connectivity index (χ2n) is 8.86. The number of likely N-dealkylation sites (tertiary alicyclic amines) is 1.